The minimum atomic E-state index is -2.68. The van der Waals surface area contributed by atoms with Gasteiger partial charge in [-0.15, -0.1) is 0 Å². The Morgan fingerprint density at radius 3 is 2.74 bits per heavy atom. The van der Waals surface area contributed by atoms with Crippen LogP contribution in [0.3, 0.4) is 0 Å². The second-order valence-corrected chi connectivity index (χ2v) is 5.69. The van der Waals surface area contributed by atoms with Gasteiger partial charge in [0.25, 0.3) is 5.91 Å². The number of carbonyl (C=O) groups is 1. The summed E-state index contributed by atoms with van der Waals surface area (Å²) in [7, 11) is 0. The van der Waals surface area contributed by atoms with Crippen LogP contribution >= 0.6 is 11.3 Å². The van der Waals surface area contributed by atoms with Crippen molar-refractivity contribution in [1.82, 2.24) is 14.5 Å². The third-order valence-electron chi connectivity index (χ3n) is 3.14. The van der Waals surface area contributed by atoms with E-state index in [-0.39, 0.29) is 11.7 Å². The molecule has 2 heterocycles. The second-order valence-electron chi connectivity index (χ2n) is 4.69. The molecule has 5 nitrogen and oxygen atoms in total. The molecule has 0 aliphatic carbocycles. The van der Waals surface area contributed by atoms with Crippen molar-refractivity contribution >= 4 is 22.4 Å². The summed E-state index contributed by atoms with van der Waals surface area (Å²) in [5.41, 5.74) is 1.03. The number of aromatic nitrogens is 3. The maximum atomic E-state index is 13.0. The number of nitrogens with zero attached hydrogens (tertiary/aromatic N) is 3. The first kappa shape index (κ1) is 15.3. The van der Waals surface area contributed by atoms with Gasteiger partial charge in [-0.05, 0) is 19.1 Å². The molecule has 3 rings (SSSR count). The lowest BCUT2D eigenvalue weighted by atomic mass is 10.2. The van der Waals surface area contributed by atoms with Crippen molar-refractivity contribution in [2.75, 3.05) is 5.32 Å². The lowest BCUT2D eigenvalue weighted by molar-refractivity contribution is 0.0720. The molecular weight excluding hydrogens is 322 g/mol. The number of hydrogen-bond acceptors (Lipinski definition) is 4. The number of amides is 1. The van der Waals surface area contributed by atoms with Gasteiger partial charge in [-0.2, -0.15) is 8.78 Å². The van der Waals surface area contributed by atoms with Crippen molar-refractivity contribution in [3.63, 3.8) is 0 Å². The molecule has 118 valence electrons. The van der Waals surface area contributed by atoms with Gasteiger partial charge in [0.05, 0.1) is 10.6 Å². The topological polar surface area (TPSA) is 59.8 Å². The van der Waals surface area contributed by atoms with Crippen LogP contribution in [-0.2, 0) is 0 Å². The molecule has 0 bridgehead atoms. The molecule has 0 saturated heterocycles. The smallest absolute Gasteiger partial charge is 0.298 e. The molecule has 0 spiro atoms. The van der Waals surface area contributed by atoms with E-state index in [0.717, 1.165) is 15.9 Å². The molecule has 0 aliphatic rings. The Kier molecular flexibility index (Phi) is 4.16. The maximum Gasteiger partial charge on any atom is 0.320 e. The Balaban J connectivity index is 1.87. The van der Waals surface area contributed by atoms with Crippen molar-refractivity contribution in [1.29, 1.82) is 0 Å². The first-order chi connectivity index (χ1) is 11.1. The van der Waals surface area contributed by atoms with E-state index in [0.29, 0.717) is 21.3 Å². The van der Waals surface area contributed by atoms with E-state index in [4.69, 9.17) is 0 Å². The summed E-state index contributed by atoms with van der Waals surface area (Å²) >= 11 is 1.11. The molecule has 2 aromatic heterocycles. The fraction of sp³-hybridized carbons (Fsp3) is 0.133. The average Bonchev–Trinajstić information content (AvgIpc) is 3.14. The Labute approximate surface area is 134 Å². The van der Waals surface area contributed by atoms with Crippen molar-refractivity contribution < 1.29 is 13.6 Å². The molecule has 0 aliphatic heterocycles. The number of thiazole rings is 1. The van der Waals surface area contributed by atoms with Crippen LogP contribution in [0.1, 0.15) is 22.6 Å². The van der Waals surface area contributed by atoms with Gasteiger partial charge in [0.15, 0.2) is 11.0 Å². The Bertz CT molecular complexity index is 829. The summed E-state index contributed by atoms with van der Waals surface area (Å²) in [5.74, 6) is -0.168. The van der Waals surface area contributed by atoms with E-state index in [1.807, 2.05) is 6.07 Å². The monoisotopic (exact) mass is 334 g/mol. The van der Waals surface area contributed by atoms with Gasteiger partial charge in [0.1, 0.15) is 0 Å². The van der Waals surface area contributed by atoms with Crippen LogP contribution in [0.2, 0.25) is 0 Å². The van der Waals surface area contributed by atoms with Gasteiger partial charge in [-0.25, -0.2) is 9.97 Å². The van der Waals surface area contributed by atoms with Gasteiger partial charge in [-0.1, -0.05) is 29.5 Å². The van der Waals surface area contributed by atoms with Crippen molar-refractivity contribution in [2.45, 2.75) is 13.5 Å². The van der Waals surface area contributed by atoms with Gasteiger partial charge in [-0.3, -0.25) is 14.7 Å². The summed E-state index contributed by atoms with van der Waals surface area (Å²) in [4.78, 5) is 20.8. The highest BCUT2D eigenvalue weighted by atomic mass is 32.1. The second kappa shape index (κ2) is 6.25. The number of hydrogen-bond donors (Lipinski definition) is 1. The van der Waals surface area contributed by atoms with Crippen molar-refractivity contribution in [2.24, 2.45) is 0 Å². The lowest BCUT2D eigenvalue weighted by Crippen LogP contribution is -2.11. The first-order valence-corrected chi connectivity index (χ1v) is 7.53. The molecule has 0 unspecified atom stereocenters. The third-order valence-corrected chi connectivity index (χ3v) is 4.20. The number of halogens is 2. The van der Waals surface area contributed by atoms with E-state index in [9.17, 15) is 13.6 Å². The third kappa shape index (κ3) is 3.11. The van der Waals surface area contributed by atoms with E-state index in [2.05, 4.69) is 15.3 Å². The van der Waals surface area contributed by atoms with Gasteiger partial charge < -0.3 is 0 Å². The molecular formula is C15H12F2N4OS. The number of carbonyl (C=O) groups excluding carboxylic acids is 1. The largest absolute Gasteiger partial charge is 0.320 e. The summed E-state index contributed by atoms with van der Waals surface area (Å²) in [6.07, 6.45) is 2.52. The zero-order chi connectivity index (χ0) is 16.4. The van der Waals surface area contributed by atoms with Gasteiger partial charge >= 0.3 is 6.55 Å². The van der Waals surface area contributed by atoms with Crippen LogP contribution in [0.15, 0.2) is 42.7 Å². The van der Waals surface area contributed by atoms with Crippen LogP contribution in [0.25, 0.3) is 10.7 Å². The number of rotatable bonds is 4. The molecule has 23 heavy (non-hydrogen) atoms. The number of aryl methyl sites for hydroxylation is 1. The molecule has 0 radical (unpaired) electrons. The minimum Gasteiger partial charge on any atom is -0.298 e. The number of nitrogens with one attached hydrogen (secondary N) is 1. The average molecular weight is 334 g/mol. The van der Waals surface area contributed by atoms with E-state index >= 15 is 0 Å². The van der Waals surface area contributed by atoms with E-state index in [1.54, 1.807) is 31.2 Å². The van der Waals surface area contributed by atoms with Crippen LogP contribution in [-0.4, -0.2) is 20.4 Å². The maximum absolute atomic E-state index is 13.0. The predicted molar refractivity (Wildman–Crippen MR) is 83.7 cm³/mol. The molecule has 1 N–H and O–H groups in total. The summed E-state index contributed by atoms with van der Waals surface area (Å²) in [5, 5.41) is 3.02. The molecule has 0 saturated carbocycles. The molecule has 1 amide bonds. The van der Waals surface area contributed by atoms with Crippen molar-refractivity contribution in [3.8, 4) is 10.7 Å². The summed E-state index contributed by atoms with van der Waals surface area (Å²) in [6, 6.07) is 8.69. The molecule has 8 heteroatoms. The van der Waals surface area contributed by atoms with E-state index < -0.39 is 6.55 Å². The number of anilines is 1. The predicted octanol–water partition coefficient (Wildman–Crippen LogP) is 3.96. The molecule has 1 aromatic carbocycles. The molecule has 3 aromatic rings. The number of imidazole rings is 1. The zero-order valence-electron chi connectivity index (χ0n) is 12.0. The first-order valence-electron chi connectivity index (χ1n) is 6.71. The Morgan fingerprint density at radius 2 is 2.04 bits per heavy atom. The SMILES string of the molecule is Cc1nc(NC(=O)c2ccccc2)sc1-c1nccn1C(F)F. The quantitative estimate of drug-likeness (QED) is 0.785. The van der Waals surface area contributed by atoms with Crippen LogP contribution in [0, 0.1) is 6.92 Å². The lowest BCUT2D eigenvalue weighted by Gasteiger charge is -2.04. The molecule has 0 fully saturated rings. The van der Waals surface area contributed by atoms with Gasteiger partial charge in [0, 0.05) is 18.0 Å². The summed E-state index contributed by atoms with van der Waals surface area (Å²) < 4.78 is 26.7. The van der Waals surface area contributed by atoms with Crippen LogP contribution in [0.4, 0.5) is 13.9 Å². The zero-order valence-corrected chi connectivity index (χ0v) is 12.8. The van der Waals surface area contributed by atoms with Crippen LogP contribution < -0.4 is 5.32 Å². The Hall–Kier alpha value is -2.61. The fourth-order valence-corrected chi connectivity index (χ4v) is 3.02. The number of alkyl halides is 2. The standard InChI is InChI=1S/C15H12F2N4OS/c1-9-11(12-18-7-8-21(12)14(16)17)23-15(19-9)20-13(22)10-5-3-2-4-6-10/h2-8,14H,1H3,(H,19,20,22). The fourth-order valence-electron chi connectivity index (χ4n) is 2.06. The number of benzene rings is 1. The minimum absolute atomic E-state index is 0.134. The highest BCUT2D eigenvalue weighted by Gasteiger charge is 2.19. The van der Waals surface area contributed by atoms with Crippen molar-refractivity contribution in [3.05, 3.63) is 54.0 Å². The highest BCUT2D eigenvalue weighted by molar-refractivity contribution is 7.19. The summed E-state index contributed by atoms with van der Waals surface area (Å²) in [6.45, 7) is -0.995. The Morgan fingerprint density at radius 1 is 1.30 bits per heavy atom. The highest BCUT2D eigenvalue weighted by Crippen LogP contribution is 2.33. The normalized spacial score (nSPS) is 11.0. The van der Waals surface area contributed by atoms with Crippen LogP contribution in [0.5, 0.6) is 0 Å². The van der Waals surface area contributed by atoms with Gasteiger partial charge in [0.2, 0.25) is 0 Å². The molecule has 0 atom stereocenters. The van der Waals surface area contributed by atoms with E-state index in [1.165, 1.54) is 12.4 Å².